The van der Waals surface area contributed by atoms with Crippen LogP contribution in [0.5, 0.6) is 11.5 Å². The third-order valence-corrected chi connectivity index (χ3v) is 6.35. The summed E-state index contributed by atoms with van der Waals surface area (Å²) in [6.07, 6.45) is 2.43. The number of amides is 1. The average Bonchev–Trinajstić information content (AvgIpc) is 2.81. The average molecular weight is 550 g/mol. The predicted octanol–water partition coefficient (Wildman–Crippen LogP) is 4.89. The molecule has 0 spiro atoms. The Bertz CT molecular complexity index is 1350. The highest BCUT2D eigenvalue weighted by atomic mass is 35.5. The molecule has 0 aromatic heterocycles. The number of nitrogens with zero attached hydrogens (tertiary/aromatic N) is 2. The maximum Gasteiger partial charge on any atom is 0.260 e. The molecule has 0 atom stereocenters. The summed E-state index contributed by atoms with van der Waals surface area (Å²) in [6.45, 7) is 2.13. The molecule has 3 aromatic rings. The molecule has 11 heteroatoms. The van der Waals surface area contributed by atoms with Gasteiger partial charge in [0.05, 0.1) is 24.8 Å². The molecule has 36 heavy (non-hydrogen) atoms. The number of halogens is 2. The van der Waals surface area contributed by atoms with Crippen LogP contribution in [-0.4, -0.2) is 39.9 Å². The summed E-state index contributed by atoms with van der Waals surface area (Å²) in [5.41, 5.74) is 4.18. The second-order valence-electron chi connectivity index (χ2n) is 7.60. The zero-order valence-electron chi connectivity index (χ0n) is 19.6. The molecule has 0 bridgehead atoms. The molecule has 0 saturated heterocycles. The fraction of sp³-hybridized carbons (Fsp3) is 0.200. The van der Waals surface area contributed by atoms with Crippen molar-refractivity contribution in [2.45, 2.75) is 13.5 Å². The number of nitrogens with one attached hydrogen (secondary N) is 1. The van der Waals surface area contributed by atoms with E-state index in [1.165, 1.54) is 12.3 Å². The Kier molecular flexibility index (Phi) is 9.58. The molecule has 190 valence electrons. The van der Waals surface area contributed by atoms with Crippen LogP contribution in [-0.2, 0) is 21.4 Å². The Morgan fingerprint density at radius 1 is 1.00 bits per heavy atom. The number of hydrazone groups is 1. The van der Waals surface area contributed by atoms with Gasteiger partial charge in [0.1, 0.15) is 13.2 Å². The summed E-state index contributed by atoms with van der Waals surface area (Å²) in [5, 5.41) is 4.92. The van der Waals surface area contributed by atoms with Crippen molar-refractivity contribution >= 4 is 51.0 Å². The summed E-state index contributed by atoms with van der Waals surface area (Å²) < 4.78 is 36.9. The van der Waals surface area contributed by atoms with Crippen LogP contribution in [0.1, 0.15) is 18.1 Å². The lowest BCUT2D eigenvalue weighted by molar-refractivity contribution is -0.119. The van der Waals surface area contributed by atoms with E-state index in [2.05, 4.69) is 10.5 Å². The van der Waals surface area contributed by atoms with E-state index in [0.717, 1.165) is 16.1 Å². The minimum Gasteiger partial charge on any atom is -0.490 e. The molecule has 0 aliphatic carbocycles. The third kappa shape index (κ3) is 8.15. The lowest BCUT2D eigenvalue weighted by atomic mass is 10.2. The lowest BCUT2D eigenvalue weighted by Crippen LogP contribution is -2.39. The van der Waals surface area contributed by atoms with Crippen LogP contribution in [0.4, 0.5) is 5.69 Å². The number of ether oxygens (including phenoxy) is 2. The van der Waals surface area contributed by atoms with Crippen molar-refractivity contribution in [1.29, 1.82) is 0 Å². The number of sulfonamides is 1. The number of rotatable bonds is 11. The van der Waals surface area contributed by atoms with Crippen LogP contribution in [0.15, 0.2) is 71.8 Å². The van der Waals surface area contributed by atoms with Crippen molar-refractivity contribution in [3.05, 3.63) is 87.9 Å². The molecule has 0 unspecified atom stereocenters. The number of hydrogen-bond acceptors (Lipinski definition) is 6. The van der Waals surface area contributed by atoms with Crippen molar-refractivity contribution in [1.82, 2.24) is 5.43 Å². The number of benzene rings is 3. The fourth-order valence-electron chi connectivity index (χ4n) is 3.16. The Morgan fingerprint density at radius 2 is 1.72 bits per heavy atom. The standard InChI is InChI=1S/C25H25Cl2N3O5S/c1-3-34-24-13-18(10-11-23(24)35-17-19-6-4-7-20(26)12-19)15-28-29-25(31)16-30(36(2,32)33)22-9-5-8-21(27)14-22/h4-15H,3,16-17H2,1-2H3,(H,29,31)/b28-15-. The van der Waals surface area contributed by atoms with Crippen molar-refractivity contribution in [3.63, 3.8) is 0 Å². The highest BCUT2D eigenvalue weighted by molar-refractivity contribution is 7.92. The van der Waals surface area contributed by atoms with E-state index in [4.69, 9.17) is 32.7 Å². The van der Waals surface area contributed by atoms with E-state index < -0.39 is 22.5 Å². The first kappa shape index (κ1) is 27.3. The van der Waals surface area contributed by atoms with Gasteiger partial charge in [-0.1, -0.05) is 41.4 Å². The molecule has 0 radical (unpaired) electrons. The van der Waals surface area contributed by atoms with Crippen molar-refractivity contribution in [3.8, 4) is 11.5 Å². The Balaban J connectivity index is 1.65. The highest BCUT2D eigenvalue weighted by Gasteiger charge is 2.21. The normalized spacial score (nSPS) is 11.3. The van der Waals surface area contributed by atoms with Gasteiger partial charge in [-0.25, -0.2) is 13.8 Å². The van der Waals surface area contributed by atoms with E-state index in [1.807, 2.05) is 25.1 Å². The first-order valence-electron chi connectivity index (χ1n) is 10.8. The molecule has 0 fully saturated rings. The molecule has 3 aromatic carbocycles. The van der Waals surface area contributed by atoms with Crippen LogP contribution >= 0.6 is 23.2 Å². The molecule has 8 nitrogen and oxygen atoms in total. The van der Waals surface area contributed by atoms with Gasteiger partial charge >= 0.3 is 0 Å². The number of anilines is 1. The summed E-state index contributed by atoms with van der Waals surface area (Å²) in [4.78, 5) is 12.4. The SMILES string of the molecule is CCOc1cc(/C=N\NC(=O)CN(c2cccc(Cl)c2)S(C)(=O)=O)ccc1OCc1cccc(Cl)c1. The minimum absolute atomic E-state index is 0.277. The van der Waals surface area contributed by atoms with E-state index in [1.54, 1.807) is 42.5 Å². The van der Waals surface area contributed by atoms with Crippen molar-refractivity contribution in [2.75, 3.05) is 23.7 Å². The molecule has 0 heterocycles. The van der Waals surface area contributed by atoms with E-state index in [0.29, 0.717) is 40.3 Å². The van der Waals surface area contributed by atoms with Crippen LogP contribution in [0.2, 0.25) is 10.0 Å². The van der Waals surface area contributed by atoms with Gasteiger partial charge in [-0.2, -0.15) is 5.10 Å². The number of carbonyl (C=O) groups is 1. The van der Waals surface area contributed by atoms with Gasteiger partial charge < -0.3 is 9.47 Å². The largest absolute Gasteiger partial charge is 0.490 e. The Labute approximate surface area is 220 Å². The molecule has 1 N–H and O–H groups in total. The predicted molar refractivity (Wildman–Crippen MR) is 143 cm³/mol. The lowest BCUT2D eigenvalue weighted by Gasteiger charge is -2.21. The topological polar surface area (TPSA) is 97.3 Å². The van der Waals surface area contributed by atoms with Gasteiger partial charge in [0, 0.05) is 10.0 Å². The molecular formula is C25H25Cl2N3O5S. The van der Waals surface area contributed by atoms with E-state index >= 15 is 0 Å². The smallest absolute Gasteiger partial charge is 0.260 e. The van der Waals surface area contributed by atoms with Gasteiger partial charge in [0.25, 0.3) is 5.91 Å². The molecule has 0 aliphatic rings. The van der Waals surface area contributed by atoms with Crippen LogP contribution in [0.3, 0.4) is 0 Å². The van der Waals surface area contributed by atoms with E-state index in [9.17, 15) is 13.2 Å². The second kappa shape index (κ2) is 12.6. The minimum atomic E-state index is -3.73. The van der Waals surface area contributed by atoms with E-state index in [-0.39, 0.29) is 5.69 Å². The third-order valence-electron chi connectivity index (χ3n) is 4.74. The summed E-state index contributed by atoms with van der Waals surface area (Å²) in [5.74, 6) is 0.436. The summed E-state index contributed by atoms with van der Waals surface area (Å²) in [7, 11) is -3.73. The monoisotopic (exact) mass is 549 g/mol. The molecule has 0 saturated carbocycles. The van der Waals surface area contributed by atoms with Crippen molar-refractivity contribution in [2.24, 2.45) is 5.10 Å². The maximum absolute atomic E-state index is 12.4. The fourth-order valence-corrected chi connectivity index (χ4v) is 4.40. The summed E-state index contributed by atoms with van der Waals surface area (Å²) >= 11 is 12.0. The van der Waals surface area contributed by atoms with Gasteiger partial charge in [0.2, 0.25) is 10.0 Å². The first-order valence-corrected chi connectivity index (χ1v) is 13.5. The quantitative estimate of drug-likeness (QED) is 0.271. The summed E-state index contributed by atoms with van der Waals surface area (Å²) in [6, 6.07) is 18.8. The van der Waals surface area contributed by atoms with Gasteiger partial charge in [-0.05, 0) is 66.6 Å². The van der Waals surface area contributed by atoms with Gasteiger partial charge in [0.15, 0.2) is 11.5 Å². The van der Waals surface area contributed by atoms with Gasteiger partial charge in [-0.15, -0.1) is 0 Å². The molecule has 3 rings (SSSR count). The molecular weight excluding hydrogens is 525 g/mol. The molecule has 0 aliphatic heterocycles. The Morgan fingerprint density at radius 3 is 2.39 bits per heavy atom. The zero-order valence-corrected chi connectivity index (χ0v) is 22.0. The van der Waals surface area contributed by atoms with Crippen LogP contribution < -0.4 is 19.2 Å². The number of hydrogen-bond donors (Lipinski definition) is 1. The zero-order chi connectivity index (χ0) is 26.1. The highest BCUT2D eigenvalue weighted by Crippen LogP contribution is 2.29. The van der Waals surface area contributed by atoms with Crippen molar-refractivity contribution < 1.29 is 22.7 Å². The van der Waals surface area contributed by atoms with Crippen LogP contribution in [0, 0.1) is 0 Å². The Hall–Kier alpha value is -3.27. The number of carbonyl (C=O) groups excluding carboxylic acids is 1. The maximum atomic E-state index is 12.4. The van der Waals surface area contributed by atoms with Crippen LogP contribution in [0.25, 0.3) is 0 Å². The molecule has 1 amide bonds. The second-order valence-corrected chi connectivity index (χ2v) is 10.4. The van der Waals surface area contributed by atoms with Gasteiger partial charge in [-0.3, -0.25) is 9.10 Å². The first-order chi connectivity index (χ1) is 17.2.